The Morgan fingerprint density at radius 1 is 1.24 bits per heavy atom. The molecule has 0 unspecified atom stereocenters. The van der Waals surface area contributed by atoms with Gasteiger partial charge in [-0.1, -0.05) is 23.2 Å². The van der Waals surface area contributed by atoms with E-state index in [1.54, 1.807) is 25.1 Å². The molecular weight excluding hydrogens is 335 g/mol. The van der Waals surface area contributed by atoms with Crippen LogP contribution in [0.25, 0.3) is 0 Å². The van der Waals surface area contributed by atoms with Crippen LogP contribution < -0.4 is 10.6 Å². The number of carbonyl (C=O) groups is 2. The summed E-state index contributed by atoms with van der Waals surface area (Å²) in [6.45, 7) is 1.90. The van der Waals surface area contributed by atoms with Crippen molar-refractivity contribution in [1.82, 2.24) is 5.32 Å². The number of hydrogen-bond donors (Lipinski definition) is 2. The van der Waals surface area contributed by atoms with Crippen molar-refractivity contribution in [3.8, 4) is 0 Å². The Morgan fingerprint density at radius 2 is 1.86 bits per heavy atom. The molecular formula is C13H12Cl2N2O3S. The molecule has 0 saturated heterocycles. The first-order valence-electron chi connectivity index (χ1n) is 5.83. The molecule has 0 saturated carbocycles. The number of nitrogens with one attached hydrogen (secondary N) is 2. The first-order valence-corrected chi connectivity index (χ1v) is 7.00. The predicted molar refractivity (Wildman–Crippen MR) is 86.6 cm³/mol. The molecule has 0 radical (unpaired) electrons. The highest BCUT2D eigenvalue weighted by Crippen LogP contribution is 2.22. The van der Waals surface area contributed by atoms with Crippen molar-refractivity contribution in [2.45, 2.75) is 6.92 Å². The lowest BCUT2D eigenvalue weighted by atomic mass is 10.3. The van der Waals surface area contributed by atoms with Gasteiger partial charge in [-0.15, -0.1) is 0 Å². The Bertz CT molecular complexity index is 571. The van der Waals surface area contributed by atoms with Gasteiger partial charge in [0.05, 0.1) is 6.61 Å². The van der Waals surface area contributed by atoms with Gasteiger partial charge in [0.25, 0.3) is 0 Å². The van der Waals surface area contributed by atoms with Crippen LogP contribution in [0.4, 0.5) is 5.69 Å². The molecule has 21 heavy (non-hydrogen) atoms. The lowest BCUT2D eigenvalue weighted by molar-refractivity contribution is -0.137. The van der Waals surface area contributed by atoms with Crippen molar-refractivity contribution < 1.29 is 14.3 Å². The molecule has 8 heteroatoms. The molecule has 0 fully saturated rings. The van der Waals surface area contributed by atoms with Crippen molar-refractivity contribution >= 4 is 58.1 Å². The number of halogens is 2. The molecule has 0 aliphatic rings. The number of thiocarbonyl (C=S) groups is 1. The van der Waals surface area contributed by atoms with E-state index < -0.39 is 11.9 Å². The maximum atomic E-state index is 11.5. The van der Waals surface area contributed by atoms with Gasteiger partial charge < -0.3 is 10.1 Å². The fourth-order valence-electron chi connectivity index (χ4n) is 1.28. The van der Waals surface area contributed by atoms with Crippen LogP contribution in [0.1, 0.15) is 6.92 Å². The summed E-state index contributed by atoms with van der Waals surface area (Å²) < 4.78 is 4.64. The smallest absolute Gasteiger partial charge is 0.330 e. The number of hydrogen-bond acceptors (Lipinski definition) is 4. The van der Waals surface area contributed by atoms with E-state index in [0.717, 1.165) is 12.2 Å². The Kier molecular flexibility index (Phi) is 7.14. The number of amides is 1. The minimum Gasteiger partial charge on any atom is -0.463 e. The summed E-state index contributed by atoms with van der Waals surface area (Å²) in [7, 11) is 0. The van der Waals surface area contributed by atoms with Crippen LogP contribution in [-0.4, -0.2) is 23.6 Å². The van der Waals surface area contributed by atoms with Gasteiger partial charge in [0.15, 0.2) is 5.11 Å². The van der Waals surface area contributed by atoms with Crippen LogP contribution in [0.2, 0.25) is 10.0 Å². The minimum absolute atomic E-state index is 0.0480. The molecule has 0 bridgehead atoms. The van der Waals surface area contributed by atoms with Crippen LogP contribution in [0.3, 0.4) is 0 Å². The zero-order valence-corrected chi connectivity index (χ0v) is 13.3. The van der Waals surface area contributed by atoms with Crippen molar-refractivity contribution in [1.29, 1.82) is 0 Å². The molecule has 2 N–H and O–H groups in total. The second-order valence-electron chi connectivity index (χ2n) is 3.69. The van der Waals surface area contributed by atoms with Gasteiger partial charge in [0.1, 0.15) is 0 Å². The molecule has 0 spiro atoms. The first-order chi connectivity index (χ1) is 9.90. The SMILES string of the molecule is CCOC(=O)/C=C/C(=O)NC(=S)Nc1cc(Cl)cc(Cl)c1. The third kappa shape index (κ3) is 7.08. The van der Waals surface area contributed by atoms with Gasteiger partial charge >= 0.3 is 5.97 Å². The van der Waals surface area contributed by atoms with Crippen LogP contribution in [0, 0.1) is 0 Å². The molecule has 5 nitrogen and oxygen atoms in total. The average molecular weight is 347 g/mol. The lowest BCUT2D eigenvalue weighted by Gasteiger charge is -2.08. The van der Waals surface area contributed by atoms with E-state index in [0.29, 0.717) is 15.7 Å². The maximum Gasteiger partial charge on any atom is 0.330 e. The van der Waals surface area contributed by atoms with E-state index in [4.69, 9.17) is 35.4 Å². The number of carbonyl (C=O) groups excluding carboxylic acids is 2. The van der Waals surface area contributed by atoms with Crippen LogP contribution in [-0.2, 0) is 14.3 Å². The Balaban J connectivity index is 2.53. The number of rotatable bonds is 4. The van der Waals surface area contributed by atoms with Crippen molar-refractivity contribution in [3.05, 3.63) is 40.4 Å². The highest BCUT2D eigenvalue weighted by atomic mass is 35.5. The molecule has 0 aliphatic heterocycles. The molecule has 1 aromatic carbocycles. The number of esters is 1. The number of benzene rings is 1. The van der Waals surface area contributed by atoms with Gasteiger partial charge in [-0.3, -0.25) is 10.1 Å². The topological polar surface area (TPSA) is 67.4 Å². The summed E-state index contributed by atoms with van der Waals surface area (Å²) in [4.78, 5) is 22.5. The average Bonchev–Trinajstić information content (AvgIpc) is 2.35. The molecule has 112 valence electrons. The van der Waals surface area contributed by atoms with Gasteiger partial charge in [-0.2, -0.15) is 0 Å². The van der Waals surface area contributed by atoms with Gasteiger partial charge in [0, 0.05) is 27.9 Å². The molecule has 1 aromatic rings. The normalized spacial score (nSPS) is 10.2. The largest absolute Gasteiger partial charge is 0.463 e. The van der Waals surface area contributed by atoms with E-state index >= 15 is 0 Å². The summed E-state index contributed by atoms with van der Waals surface area (Å²) in [5, 5.41) is 6.02. The maximum absolute atomic E-state index is 11.5. The molecule has 0 aromatic heterocycles. The van der Waals surface area contributed by atoms with Gasteiger partial charge in [-0.05, 0) is 37.3 Å². The van der Waals surface area contributed by atoms with E-state index in [2.05, 4.69) is 15.4 Å². The van der Waals surface area contributed by atoms with Gasteiger partial charge in [0.2, 0.25) is 5.91 Å². The third-order valence-electron chi connectivity index (χ3n) is 2.01. The van der Waals surface area contributed by atoms with Crippen molar-refractivity contribution in [3.63, 3.8) is 0 Å². The molecule has 0 aliphatic carbocycles. The van der Waals surface area contributed by atoms with E-state index in [1.165, 1.54) is 0 Å². The zero-order valence-electron chi connectivity index (χ0n) is 11.0. The van der Waals surface area contributed by atoms with Crippen molar-refractivity contribution in [2.24, 2.45) is 0 Å². The minimum atomic E-state index is -0.604. The highest BCUT2D eigenvalue weighted by molar-refractivity contribution is 7.80. The number of ether oxygens (including phenoxy) is 1. The predicted octanol–water partition coefficient (Wildman–Crippen LogP) is 2.93. The summed E-state index contributed by atoms with van der Waals surface area (Å²) in [6.07, 6.45) is 2.04. The van der Waals surface area contributed by atoms with Crippen LogP contribution in [0.15, 0.2) is 30.4 Å². The lowest BCUT2D eigenvalue weighted by Crippen LogP contribution is -2.33. The summed E-state index contributed by atoms with van der Waals surface area (Å²) in [5.41, 5.74) is 0.534. The third-order valence-corrected chi connectivity index (χ3v) is 2.66. The Morgan fingerprint density at radius 3 is 2.43 bits per heavy atom. The monoisotopic (exact) mass is 346 g/mol. The van der Waals surface area contributed by atoms with Crippen molar-refractivity contribution in [2.75, 3.05) is 11.9 Å². The fraction of sp³-hybridized carbons (Fsp3) is 0.154. The summed E-state index contributed by atoms with van der Waals surface area (Å²) in [5.74, 6) is -1.16. The summed E-state index contributed by atoms with van der Waals surface area (Å²) in [6, 6.07) is 4.76. The molecule has 1 rings (SSSR count). The highest BCUT2D eigenvalue weighted by Gasteiger charge is 2.04. The summed E-state index contributed by atoms with van der Waals surface area (Å²) >= 11 is 16.6. The second-order valence-corrected chi connectivity index (χ2v) is 4.97. The fourth-order valence-corrected chi connectivity index (χ4v) is 2.02. The Labute approximate surface area is 137 Å². The quantitative estimate of drug-likeness (QED) is 0.498. The standard InChI is InChI=1S/C13H12Cl2N2O3S/c1-2-20-12(19)4-3-11(18)17-13(21)16-10-6-8(14)5-9(15)7-10/h3-7H,2H2,1H3,(H2,16,17,18,21)/b4-3+. The van der Waals surface area contributed by atoms with E-state index in [1.807, 2.05) is 0 Å². The molecule has 0 atom stereocenters. The molecule has 0 heterocycles. The van der Waals surface area contributed by atoms with Gasteiger partial charge in [-0.25, -0.2) is 4.79 Å². The first kappa shape index (κ1) is 17.4. The van der Waals surface area contributed by atoms with E-state index in [-0.39, 0.29) is 11.7 Å². The zero-order chi connectivity index (χ0) is 15.8. The van der Waals surface area contributed by atoms with Crippen LogP contribution >= 0.6 is 35.4 Å². The second kappa shape index (κ2) is 8.61. The van der Waals surface area contributed by atoms with Crippen LogP contribution in [0.5, 0.6) is 0 Å². The number of anilines is 1. The molecule has 1 amide bonds. The Hall–Kier alpha value is -1.63. The van der Waals surface area contributed by atoms with E-state index in [9.17, 15) is 9.59 Å².